The Bertz CT molecular complexity index is 1290. The van der Waals surface area contributed by atoms with E-state index in [1.165, 1.54) is 4.52 Å². The van der Waals surface area contributed by atoms with Gasteiger partial charge < -0.3 is 14.5 Å². The summed E-state index contributed by atoms with van der Waals surface area (Å²) >= 11 is 0. The first-order chi connectivity index (χ1) is 15.0. The van der Waals surface area contributed by atoms with E-state index in [0.717, 1.165) is 41.9 Å². The van der Waals surface area contributed by atoms with Gasteiger partial charge in [0.15, 0.2) is 5.65 Å². The third-order valence-corrected chi connectivity index (χ3v) is 6.12. The number of rotatable bonds is 5. The molecule has 5 rings (SSSR count). The van der Waals surface area contributed by atoms with Gasteiger partial charge in [-0.15, -0.1) is 0 Å². The zero-order valence-corrected chi connectivity index (χ0v) is 17.9. The van der Waals surface area contributed by atoms with E-state index >= 15 is 0 Å². The van der Waals surface area contributed by atoms with E-state index in [1.807, 2.05) is 30.5 Å². The summed E-state index contributed by atoms with van der Waals surface area (Å²) in [6.45, 7) is 2.35. The van der Waals surface area contributed by atoms with Gasteiger partial charge in [0.25, 0.3) is 12.0 Å². The number of nitrogens with zero attached hydrogens (tertiary/aromatic N) is 6. The Morgan fingerprint density at radius 3 is 2.77 bits per heavy atom. The summed E-state index contributed by atoms with van der Waals surface area (Å²) in [5.74, 6) is 0.780. The van der Waals surface area contributed by atoms with Crippen molar-refractivity contribution in [3.8, 4) is 5.75 Å². The van der Waals surface area contributed by atoms with E-state index in [4.69, 9.17) is 9.72 Å². The Morgan fingerprint density at radius 1 is 1.26 bits per heavy atom. The van der Waals surface area contributed by atoms with Crippen molar-refractivity contribution in [2.24, 2.45) is 0 Å². The topological polar surface area (TPSA) is 82.0 Å². The van der Waals surface area contributed by atoms with Crippen LogP contribution >= 0.6 is 0 Å². The van der Waals surface area contributed by atoms with E-state index in [1.54, 1.807) is 18.0 Å². The lowest BCUT2D eigenvalue weighted by molar-refractivity contribution is -0.345. The lowest BCUT2D eigenvalue weighted by atomic mass is 10.2. The van der Waals surface area contributed by atoms with Crippen LogP contribution in [0.15, 0.2) is 47.7 Å². The first-order valence-corrected chi connectivity index (χ1v) is 10.4. The van der Waals surface area contributed by atoms with E-state index in [2.05, 4.69) is 40.0 Å². The fourth-order valence-corrected chi connectivity index (χ4v) is 4.27. The highest BCUT2D eigenvalue weighted by Crippen LogP contribution is 2.26. The summed E-state index contributed by atoms with van der Waals surface area (Å²) in [6.07, 6.45) is 4.53. The van der Waals surface area contributed by atoms with Crippen LogP contribution in [0.25, 0.3) is 16.7 Å². The second-order valence-electron chi connectivity index (χ2n) is 8.18. The number of nitrogens with one attached hydrogen (secondary N) is 1. The van der Waals surface area contributed by atoms with Gasteiger partial charge in [0.1, 0.15) is 5.75 Å². The molecule has 9 heteroatoms. The van der Waals surface area contributed by atoms with Gasteiger partial charge in [-0.1, -0.05) is 12.1 Å². The van der Waals surface area contributed by atoms with Crippen molar-refractivity contribution in [1.29, 1.82) is 0 Å². The maximum atomic E-state index is 13.2. The number of fused-ring (bicyclic) bond motifs is 3. The Labute approximate surface area is 179 Å². The third-order valence-electron chi connectivity index (χ3n) is 6.12. The summed E-state index contributed by atoms with van der Waals surface area (Å²) in [5.41, 5.74) is 3.11. The molecule has 3 aromatic heterocycles. The molecular weight excluding hydrogens is 394 g/mol. The molecule has 0 spiro atoms. The molecule has 1 unspecified atom stereocenters. The van der Waals surface area contributed by atoms with Gasteiger partial charge in [-0.05, 0) is 48.8 Å². The van der Waals surface area contributed by atoms with Gasteiger partial charge in [-0.2, -0.15) is 0 Å². The van der Waals surface area contributed by atoms with Gasteiger partial charge in [0.2, 0.25) is 0 Å². The number of hydrogen-bond acceptors (Lipinski definition) is 6. The van der Waals surface area contributed by atoms with Crippen LogP contribution in [0, 0.1) is 0 Å². The van der Waals surface area contributed by atoms with E-state index in [-0.39, 0.29) is 5.69 Å². The number of H-pyrrole nitrogens is 1. The summed E-state index contributed by atoms with van der Waals surface area (Å²) < 4.78 is 8.31. The molecule has 1 saturated heterocycles. The molecule has 0 saturated carbocycles. The monoisotopic (exact) mass is 420 g/mol. The minimum Gasteiger partial charge on any atom is -0.497 e. The maximum absolute atomic E-state index is 13.2. The zero-order valence-electron chi connectivity index (χ0n) is 17.9. The number of aromatic amines is 1. The zero-order chi connectivity index (χ0) is 21.5. The number of likely N-dealkylation sites (N-methyl/N-ethyl adjacent to an activating group) is 1. The minimum absolute atomic E-state index is 0.228. The van der Waals surface area contributed by atoms with Gasteiger partial charge in [-0.3, -0.25) is 4.57 Å². The smallest absolute Gasteiger partial charge is 0.425 e. The van der Waals surface area contributed by atoms with Gasteiger partial charge in [-0.25, -0.2) is 14.8 Å². The lowest BCUT2D eigenvalue weighted by Crippen LogP contribution is -2.32. The highest BCUT2D eigenvalue weighted by atomic mass is 16.5. The van der Waals surface area contributed by atoms with Crippen LogP contribution in [0.2, 0.25) is 0 Å². The van der Waals surface area contributed by atoms with Crippen molar-refractivity contribution in [2.75, 3.05) is 39.2 Å². The van der Waals surface area contributed by atoms with Crippen LogP contribution < -0.4 is 20.3 Å². The van der Waals surface area contributed by atoms with Crippen molar-refractivity contribution in [3.63, 3.8) is 0 Å². The highest BCUT2D eigenvalue weighted by molar-refractivity contribution is 5.89. The first-order valence-electron chi connectivity index (χ1n) is 10.4. The Kier molecular flexibility index (Phi) is 4.82. The molecule has 1 aliphatic heterocycles. The van der Waals surface area contributed by atoms with Crippen molar-refractivity contribution >= 4 is 22.4 Å². The molecule has 1 atom stereocenters. The average Bonchev–Trinajstić information content (AvgIpc) is 3.47. The number of methoxy groups -OCH3 is 1. The Morgan fingerprint density at radius 2 is 2.06 bits per heavy atom. The molecule has 4 heterocycles. The normalized spacial score (nSPS) is 16.6. The second kappa shape index (κ2) is 7.66. The van der Waals surface area contributed by atoms with Crippen molar-refractivity contribution < 1.29 is 9.72 Å². The molecule has 0 bridgehead atoms. The fraction of sp³-hybridized carbons (Fsp3) is 0.364. The maximum Gasteiger partial charge on any atom is 0.425 e. The van der Waals surface area contributed by atoms with Crippen LogP contribution in [0.1, 0.15) is 12.0 Å². The number of hydrogen-bond donors (Lipinski definition) is 0. The standard InChI is InChI=1S/C22H25N7O2/c1-26(2)16-8-9-27(13-16)17-10-19-20(23-11-17)28(22(30)29-21(19)24-14-25-29)12-15-4-6-18(31-3)7-5-15/h4-7,10-11,14,16H,8-9,12-13H2,1-3H3/p+1. The van der Waals surface area contributed by atoms with Crippen molar-refractivity contribution in [1.82, 2.24) is 24.1 Å². The van der Waals surface area contributed by atoms with Crippen LogP contribution in [0.3, 0.4) is 0 Å². The molecule has 1 fully saturated rings. The molecule has 0 aliphatic carbocycles. The Balaban J connectivity index is 1.60. The quantitative estimate of drug-likeness (QED) is 0.480. The number of benzene rings is 1. The summed E-state index contributed by atoms with van der Waals surface area (Å²) in [6, 6.07) is 10.3. The predicted molar refractivity (Wildman–Crippen MR) is 118 cm³/mol. The van der Waals surface area contributed by atoms with Crippen molar-refractivity contribution in [3.05, 3.63) is 58.9 Å². The van der Waals surface area contributed by atoms with Crippen LogP contribution in [0.4, 0.5) is 5.69 Å². The number of aromatic nitrogens is 5. The molecule has 0 amide bonds. The number of anilines is 1. The molecule has 1 aliphatic rings. The van der Waals surface area contributed by atoms with Gasteiger partial charge in [0, 0.05) is 24.2 Å². The van der Waals surface area contributed by atoms with Crippen LogP contribution in [-0.4, -0.2) is 64.4 Å². The van der Waals surface area contributed by atoms with E-state index < -0.39 is 0 Å². The predicted octanol–water partition coefficient (Wildman–Crippen LogP) is 1.06. The molecule has 31 heavy (non-hydrogen) atoms. The SMILES string of the molecule is COc1ccc(Cn2c(=O)n3nc[nH+]c3c3cc(N4CCC(N(C)C)C4)cnc32)cc1. The van der Waals surface area contributed by atoms with Crippen LogP contribution in [-0.2, 0) is 6.54 Å². The highest BCUT2D eigenvalue weighted by Gasteiger charge is 2.26. The molecule has 9 nitrogen and oxygen atoms in total. The van der Waals surface area contributed by atoms with E-state index in [0.29, 0.717) is 23.9 Å². The largest absolute Gasteiger partial charge is 0.497 e. The first kappa shape index (κ1) is 19.5. The van der Waals surface area contributed by atoms with E-state index in [9.17, 15) is 4.79 Å². The molecule has 4 aromatic rings. The second-order valence-corrected chi connectivity index (χ2v) is 8.18. The van der Waals surface area contributed by atoms with Gasteiger partial charge >= 0.3 is 5.69 Å². The average molecular weight is 420 g/mol. The third kappa shape index (κ3) is 3.40. The Hall–Kier alpha value is -3.46. The molecule has 160 valence electrons. The molecule has 0 radical (unpaired) electrons. The fourth-order valence-electron chi connectivity index (χ4n) is 4.27. The summed E-state index contributed by atoms with van der Waals surface area (Å²) in [5, 5.41) is 5.09. The van der Waals surface area contributed by atoms with Crippen molar-refractivity contribution in [2.45, 2.75) is 19.0 Å². The molecular formula is C22H26N7O2+. The van der Waals surface area contributed by atoms with Crippen LogP contribution in [0.5, 0.6) is 5.75 Å². The summed E-state index contributed by atoms with van der Waals surface area (Å²) in [7, 11) is 5.88. The molecule has 1 aromatic carbocycles. The summed E-state index contributed by atoms with van der Waals surface area (Å²) in [4.78, 5) is 25.6. The number of pyridine rings is 1. The number of ether oxygens (including phenoxy) is 1. The molecule has 1 N–H and O–H groups in total. The van der Waals surface area contributed by atoms with Gasteiger partial charge in [0.05, 0.1) is 30.9 Å². The lowest BCUT2D eigenvalue weighted by Gasteiger charge is -2.22. The minimum atomic E-state index is -0.228.